The van der Waals surface area contributed by atoms with Crippen LogP contribution in [0.3, 0.4) is 0 Å². The van der Waals surface area contributed by atoms with Crippen LogP contribution in [-0.4, -0.2) is 82.5 Å². The highest BCUT2D eigenvalue weighted by atomic mass is 16.6. The van der Waals surface area contributed by atoms with E-state index in [9.17, 15) is 15.0 Å². The van der Waals surface area contributed by atoms with Crippen molar-refractivity contribution in [2.24, 2.45) is 0 Å². The van der Waals surface area contributed by atoms with Gasteiger partial charge in [0.1, 0.15) is 12.2 Å². The molecular formula is C23H27N9O4. The van der Waals surface area contributed by atoms with Crippen molar-refractivity contribution in [1.29, 1.82) is 0 Å². The van der Waals surface area contributed by atoms with Gasteiger partial charge in [0, 0.05) is 20.0 Å². The third-order valence-corrected chi connectivity index (χ3v) is 5.94. The van der Waals surface area contributed by atoms with Crippen LogP contribution in [0, 0.1) is 0 Å². The number of nitrogens with zero attached hydrogens (tertiary/aromatic N) is 7. The summed E-state index contributed by atoms with van der Waals surface area (Å²) in [6.45, 7) is 2.68. The molecule has 0 aliphatic carbocycles. The van der Waals surface area contributed by atoms with Crippen molar-refractivity contribution in [3.63, 3.8) is 0 Å². The number of rotatable bonds is 8. The Bertz CT molecular complexity index is 1360. The third-order valence-electron chi connectivity index (χ3n) is 5.94. The van der Waals surface area contributed by atoms with Gasteiger partial charge in [-0.05, 0) is 12.0 Å². The molecule has 5 rings (SSSR count). The van der Waals surface area contributed by atoms with Crippen LogP contribution in [0.15, 0.2) is 42.9 Å². The Hall–Kier alpha value is -3.94. The summed E-state index contributed by atoms with van der Waals surface area (Å²) in [5, 5.41) is 35.2. The van der Waals surface area contributed by atoms with Gasteiger partial charge >= 0.3 is 0 Å². The number of hydrogen-bond donors (Lipinski definition) is 4. The molecule has 0 spiro atoms. The molecule has 4 atom stereocenters. The molecule has 1 saturated heterocycles. The second-order valence-corrected chi connectivity index (χ2v) is 8.48. The lowest BCUT2D eigenvalue weighted by Crippen LogP contribution is -2.41. The summed E-state index contributed by atoms with van der Waals surface area (Å²) in [5.74, 6) is 0.180. The van der Waals surface area contributed by atoms with Crippen LogP contribution in [0.2, 0.25) is 0 Å². The Balaban J connectivity index is 1.53. The van der Waals surface area contributed by atoms with E-state index in [0.29, 0.717) is 29.9 Å². The van der Waals surface area contributed by atoms with E-state index in [1.165, 1.54) is 22.6 Å². The summed E-state index contributed by atoms with van der Waals surface area (Å²) in [7, 11) is 1.43. The fourth-order valence-electron chi connectivity index (χ4n) is 4.09. The van der Waals surface area contributed by atoms with Crippen molar-refractivity contribution in [2.45, 2.75) is 44.3 Å². The summed E-state index contributed by atoms with van der Waals surface area (Å²) in [4.78, 5) is 25.8. The maximum Gasteiger partial charge on any atom is 0.256 e. The zero-order chi connectivity index (χ0) is 25.2. The van der Waals surface area contributed by atoms with Crippen LogP contribution in [0.5, 0.6) is 0 Å². The van der Waals surface area contributed by atoms with Crippen molar-refractivity contribution < 1.29 is 19.7 Å². The van der Waals surface area contributed by atoms with E-state index in [1.807, 2.05) is 37.3 Å². The largest absolute Gasteiger partial charge is 0.387 e. The number of amides is 1. The maximum atomic E-state index is 12.1. The number of aliphatic hydroxyl groups excluding tert-OH is 2. The Morgan fingerprint density at radius 3 is 2.72 bits per heavy atom. The molecule has 188 valence electrons. The zero-order valence-electron chi connectivity index (χ0n) is 19.8. The summed E-state index contributed by atoms with van der Waals surface area (Å²) in [5.41, 5.74) is 2.63. The van der Waals surface area contributed by atoms with Crippen molar-refractivity contribution in [3.8, 4) is 5.95 Å². The number of hydrogen-bond acceptors (Lipinski definition) is 10. The standard InChI is InChI=1S/C23H27N9O4/c1-3-9-25-19-15-20(31(12-26-15)22-17(34)16(33)18(36-22)21(35)24-2)28-23(27-19)32-11-14(29-30-32)10-13-7-5-4-6-8-13/h4-8,11-12,16-18,22,33-34H,3,9-10H2,1-2H3,(H,24,35)(H,25,27,28)/t16-,17+,18-,22?/m0/s1. The minimum atomic E-state index is -1.41. The predicted molar refractivity (Wildman–Crippen MR) is 128 cm³/mol. The highest BCUT2D eigenvalue weighted by Crippen LogP contribution is 2.33. The van der Waals surface area contributed by atoms with E-state index < -0.39 is 30.4 Å². The molecule has 1 amide bonds. The molecule has 0 bridgehead atoms. The summed E-state index contributed by atoms with van der Waals surface area (Å²) >= 11 is 0. The SMILES string of the molecule is CCCNc1nc(-n2cc(Cc3ccccc3)nn2)nc2c1ncn2C1O[C@H](C(=O)NC)[C@@H](O)[C@H]1O. The predicted octanol–water partition coefficient (Wildman–Crippen LogP) is 0.185. The number of fused-ring (bicyclic) bond motifs is 1. The number of imidazole rings is 1. The van der Waals surface area contributed by atoms with Crippen LogP contribution in [0.4, 0.5) is 5.82 Å². The van der Waals surface area contributed by atoms with Gasteiger partial charge in [0.2, 0.25) is 0 Å². The first-order valence-corrected chi connectivity index (χ1v) is 11.7. The molecule has 0 saturated carbocycles. The van der Waals surface area contributed by atoms with Crippen LogP contribution in [0.1, 0.15) is 30.8 Å². The van der Waals surface area contributed by atoms with Crippen LogP contribution >= 0.6 is 0 Å². The summed E-state index contributed by atoms with van der Waals surface area (Å²) in [6.07, 6.45) is -0.457. The molecule has 1 aromatic carbocycles. The van der Waals surface area contributed by atoms with Crippen LogP contribution in [-0.2, 0) is 16.0 Å². The first-order chi connectivity index (χ1) is 17.5. The molecule has 4 heterocycles. The molecule has 3 aromatic heterocycles. The highest BCUT2D eigenvalue weighted by Gasteiger charge is 2.47. The molecule has 0 radical (unpaired) electrons. The first-order valence-electron chi connectivity index (χ1n) is 11.7. The Morgan fingerprint density at radius 1 is 1.17 bits per heavy atom. The van der Waals surface area contributed by atoms with Crippen molar-refractivity contribution in [1.82, 2.24) is 39.8 Å². The minimum absolute atomic E-state index is 0.241. The number of nitrogens with one attached hydrogen (secondary N) is 2. The van der Waals surface area contributed by atoms with Crippen LogP contribution in [0.25, 0.3) is 17.1 Å². The van der Waals surface area contributed by atoms with E-state index in [4.69, 9.17) is 4.74 Å². The van der Waals surface area contributed by atoms with Crippen molar-refractivity contribution in [2.75, 3.05) is 18.9 Å². The molecular weight excluding hydrogens is 466 g/mol. The van der Waals surface area contributed by atoms with E-state index >= 15 is 0 Å². The second-order valence-electron chi connectivity index (χ2n) is 8.48. The molecule has 36 heavy (non-hydrogen) atoms. The average molecular weight is 494 g/mol. The maximum absolute atomic E-state index is 12.1. The van der Waals surface area contributed by atoms with E-state index in [1.54, 1.807) is 6.20 Å². The van der Waals surface area contributed by atoms with Gasteiger partial charge in [0.05, 0.1) is 18.2 Å². The first kappa shape index (κ1) is 23.8. The lowest BCUT2D eigenvalue weighted by molar-refractivity contribution is -0.137. The minimum Gasteiger partial charge on any atom is -0.387 e. The smallest absolute Gasteiger partial charge is 0.256 e. The second kappa shape index (κ2) is 9.97. The quantitative estimate of drug-likeness (QED) is 0.266. The van der Waals surface area contributed by atoms with Crippen molar-refractivity contribution in [3.05, 3.63) is 54.1 Å². The Labute approximate surface area is 206 Å². The fourth-order valence-corrected chi connectivity index (χ4v) is 4.09. The number of aliphatic hydroxyl groups is 2. The van der Waals surface area contributed by atoms with E-state index in [0.717, 1.165) is 17.7 Å². The number of likely N-dealkylation sites (N-methyl/N-ethyl adjacent to an activating group) is 1. The molecule has 1 unspecified atom stereocenters. The average Bonchev–Trinajstić information content (AvgIpc) is 3.61. The topological polar surface area (TPSA) is 165 Å². The fraction of sp³-hybridized carbons (Fsp3) is 0.391. The number of benzene rings is 1. The number of anilines is 1. The normalized spacial score (nSPS) is 21.7. The van der Waals surface area contributed by atoms with Gasteiger partial charge in [-0.15, -0.1) is 5.10 Å². The molecule has 13 heteroatoms. The van der Waals surface area contributed by atoms with E-state index in [2.05, 4.69) is 35.9 Å². The van der Waals surface area contributed by atoms with Crippen LogP contribution < -0.4 is 10.6 Å². The van der Waals surface area contributed by atoms with Gasteiger partial charge in [-0.25, -0.2) is 4.98 Å². The van der Waals surface area contributed by atoms with Gasteiger partial charge in [0.15, 0.2) is 29.3 Å². The number of carbonyl (C=O) groups excluding carboxylic acids is 1. The monoisotopic (exact) mass is 493 g/mol. The molecule has 1 fully saturated rings. The van der Waals surface area contributed by atoms with Gasteiger partial charge < -0.3 is 25.6 Å². The van der Waals surface area contributed by atoms with Crippen molar-refractivity contribution >= 4 is 22.9 Å². The Kier molecular flexibility index (Phi) is 6.59. The van der Waals surface area contributed by atoms with Gasteiger partial charge in [-0.2, -0.15) is 14.6 Å². The molecule has 4 aromatic rings. The molecule has 1 aliphatic rings. The number of aromatic nitrogens is 7. The third kappa shape index (κ3) is 4.39. The lowest BCUT2D eigenvalue weighted by Gasteiger charge is -2.17. The molecule has 13 nitrogen and oxygen atoms in total. The Morgan fingerprint density at radius 2 is 1.97 bits per heavy atom. The number of ether oxygens (including phenoxy) is 1. The van der Waals surface area contributed by atoms with Gasteiger partial charge in [-0.1, -0.05) is 42.5 Å². The van der Waals surface area contributed by atoms with E-state index in [-0.39, 0.29) is 5.95 Å². The summed E-state index contributed by atoms with van der Waals surface area (Å²) < 4.78 is 8.68. The lowest BCUT2D eigenvalue weighted by atomic mass is 10.1. The zero-order valence-corrected chi connectivity index (χ0v) is 19.8. The highest BCUT2D eigenvalue weighted by molar-refractivity contribution is 5.84. The summed E-state index contributed by atoms with van der Waals surface area (Å²) in [6, 6.07) is 9.92. The van der Waals surface area contributed by atoms with Gasteiger partial charge in [0.25, 0.3) is 11.9 Å². The molecule has 4 N–H and O–H groups in total. The molecule has 1 aliphatic heterocycles. The number of carbonyl (C=O) groups is 1. The van der Waals surface area contributed by atoms with Gasteiger partial charge in [-0.3, -0.25) is 9.36 Å².